The predicted molar refractivity (Wildman–Crippen MR) is 116 cm³/mol. The third-order valence-electron chi connectivity index (χ3n) is 4.47. The molecule has 2 aromatic carbocycles. The Balaban J connectivity index is 1.45. The lowest BCUT2D eigenvalue weighted by atomic mass is 10.1. The first-order valence-electron chi connectivity index (χ1n) is 8.97. The van der Waals surface area contributed by atoms with E-state index in [9.17, 15) is 0 Å². The second-order valence-corrected chi connectivity index (χ2v) is 8.47. The molecule has 0 aliphatic rings. The van der Waals surface area contributed by atoms with Crippen molar-refractivity contribution in [3.8, 4) is 10.6 Å². The van der Waals surface area contributed by atoms with Gasteiger partial charge < -0.3 is 0 Å². The van der Waals surface area contributed by atoms with E-state index in [1.807, 2.05) is 47.5 Å². The maximum atomic E-state index is 4.83. The topological polar surface area (TPSA) is 56.0 Å². The van der Waals surface area contributed by atoms with E-state index in [2.05, 4.69) is 51.6 Å². The number of rotatable bonds is 5. The lowest BCUT2D eigenvalue weighted by Gasteiger charge is -2.04. The van der Waals surface area contributed by atoms with Gasteiger partial charge in [-0.25, -0.2) is 0 Å². The molecule has 5 rings (SSSR count). The molecule has 0 fully saturated rings. The van der Waals surface area contributed by atoms with E-state index >= 15 is 0 Å². The number of thioether (sulfide) groups is 1. The van der Waals surface area contributed by atoms with E-state index in [1.54, 1.807) is 11.3 Å². The van der Waals surface area contributed by atoms with Crippen LogP contribution in [0.4, 0.5) is 0 Å². The summed E-state index contributed by atoms with van der Waals surface area (Å²) in [5, 5.41) is 15.5. The van der Waals surface area contributed by atoms with Crippen LogP contribution in [0.5, 0.6) is 0 Å². The summed E-state index contributed by atoms with van der Waals surface area (Å²) in [4.78, 5) is 5.45. The van der Waals surface area contributed by atoms with Crippen LogP contribution in [0.15, 0.2) is 60.7 Å². The summed E-state index contributed by atoms with van der Waals surface area (Å²) in [6.45, 7) is 2.02. The summed E-state index contributed by atoms with van der Waals surface area (Å²) in [5.74, 6) is 2.60. The van der Waals surface area contributed by atoms with Crippen LogP contribution in [0.25, 0.3) is 26.4 Å². The van der Waals surface area contributed by atoms with Crippen LogP contribution in [0, 0.1) is 6.92 Å². The third kappa shape index (κ3) is 3.27. The monoisotopic (exact) mass is 403 g/mol. The minimum absolute atomic E-state index is 0.773. The molecule has 0 amide bonds. The summed E-state index contributed by atoms with van der Waals surface area (Å²) in [5.41, 5.74) is 4.38. The number of fused-ring (bicyclic) bond motifs is 2. The summed E-state index contributed by atoms with van der Waals surface area (Å²) in [7, 11) is 0. The summed E-state index contributed by atoms with van der Waals surface area (Å²) in [6.07, 6.45) is 0. The Labute approximate surface area is 170 Å². The summed E-state index contributed by atoms with van der Waals surface area (Å²) >= 11 is 3.39. The molecule has 0 radical (unpaired) electrons. The smallest absolute Gasteiger partial charge is 0.235 e. The molecule has 5 aromatic rings. The second-order valence-electron chi connectivity index (χ2n) is 6.52. The highest BCUT2D eigenvalue weighted by Crippen LogP contribution is 2.32. The lowest BCUT2D eigenvalue weighted by Crippen LogP contribution is -1.95. The van der Waals surface area contributed by atoms with Gasteiger partial charge in [-0.1, -0.05) is 59.9 Å². The van der Waals surface area contributed by atoms with Gasteiger partial charge in [0.05, 0.1) is 11.3 Å². The predicted octanol–water partition coefficient (Wildman–Crippen LogP) is 5.14. The number of nitrogens with zero attached hydrogens (tertiary/aromatic N) is 5. The molecule has 3 aromatic heterocycles. The number of aryl methyl sites for hydroxylation is 1. The van der Waals surface area contributed by atoms with E-state index in [0.717, 1.165) is 49.5 Å². The second kappa shape index (κ2) is 7.33. The summed E-state index contributed by atoms with van der Waals surface area (Å²) < 4.78 is 1.88. The van der Waals surface area contributed by atoms with Gasteiger partial charge >= 0.3 is 0 Å². The molecule has 0 saturated carbocycles. The maximum absolute atomic E-state index is 4.83. The Hall–Kier alpha value is -2.77. The van der Waals surface area contributed by atoms with Crippen LogP contribution in [0.3, 0.4) is 0 Å². The molecule has 0 atom stereocenters. The number of hydrogen-bond donors (Lipinski definition) is 0. The first kappa shape index (κ1) is 17.3. The van der Waals surface area contributed by atoms with Gasteiger partial charge in [-0.3, -0.25) is 4.98 Å². The first-order chi connectivity index (χ1) is 13.8. The number of pyridine rings is 1. The minimum Gasteiger partial charge on any atom is -0.253 e. The average molecular weight is 404 g/mol. The molecule has 0 spiro atoms. The van der Waals surface area contributed by atoms with Crippen LogP contribution in [0.1, 0.15) is 17.1 Å². The highest BCUT2D eigenvalue weighted by atomic mass is 32.2. The molecule has 0 N–H and O–H groups in total. The van der Waals surface area contributed by atoms with Crippen molar-refractivity contribution in [2.45, 2.75) is 18.4 Å². The van der Waals surface area contributed by atoms with Crippen LogP contribution in [-0.2, 0) is 11.5 Å². The average Bonchev–Trinajstić information content (AvgIpc) is 3.30. The molecule has 3 heterocycles. The van der Waals surface area contributed by atoms with Gasteiger partial charge in [0.2, 0.25) is 4.96 Å². The van der Waals surface area contributed by atoms with E-state index in [4.69, 9.17) is 5.10 Å². The van der Waals surface area contributed by atoms with Crippen molar-refractivity contribution < 1.29 is 0 Å². The first-order valence-corrected chi connectivity index (χ1v) is 10.9. The van der Waals surface area contributed by atoms with Crippen LogP contribution in [0.2, 0.25) is 0 Å². The Morgan fingerprint density at radius 1 is 0.964 bits per heavy atom. The minimum atomic E-state index is 0.773. The van der Waals surface area contributed by atoms with Crippen molar-refractivity contribution in [2.24, 2.45) is 0 Å². The van der Waals surface area contributed by atoms with Gasteiger partial charge in [0.15, 0.2) is 5.82 Å². The summed E-state index contributed by atoms with van der Waals surface area (Å²) in [6, 6.07) is 20.7. The van der Waals surface area contributed by atoms with Crippen LogP contribution >= 0.6 is 23.1 Å². The molecule has 5 nitrogen and oxygen atoms in total. The van der Waals surface area contributed by atoms with Crippen molar-refractivity contribution in [1.82, 2.24) is 24.8 Å². The Morgan fingerprint density at radius 3 is 2.68 bits per heavy atom. The molecule has 28 heavy (non-hydrogen) atoms. The molecule has 138 valence electrons. The quantitative estimate of drug-likeness (QED) is 0.406. The number of benzene rings is 2. The van der Waals surface area contributed by atoms with Crippen molar-refractivity contribution in [1.29, 1.82) is 0 Å². The maximum Gasteiger partial charge on any atom is 0.235 e. The van der Waals surface area contributed by atoms with Crippen LogP contribution < -0.4 is 0 Å². The van der Waals surface area contributed by atoms with E-state index < -0.39 is 0 Å². The zero-order valence-corrected chi connectivity index (χ0v) is 16.9. The van der Waals surface area contributed by atoms with E-state index in [1.165, 1.54) is 5.56 Å². The highest BCUT2D eigenvalue weighted by Gasteiger charge is 2.15. The fraction of sp³-hybridized carbons (Fsp3) is 0.143. The van der Waals surface area contributed by atoms with Crippen molar-refractivity contribution >= 4 is 39.0 Å². The van der Waals surface area contributed by atoms with E-state index in [-0.39, 0.29) is 0 Å². The van der Waals surface area contributed by atoms with Gasteiger partial charge in [0.25, 0.3) is 0 Å². The highest BCUT2D eigenvalue weighted by molar-refractivity contribution is 7.97. The largest absolute Gasteiger partial charge is 0.253 e. The molecular formula is C21H17N5S2. The van der Waals surface area contributed by atoms with Gasteiger partial charge in [-0.15, -0.1) is 22.0 Å². The molecule has 0 bridgehead atoms. The van der Waals surface area contributed by atoms with Gasteiger partial charge in [0, 0.05) is 22.4 Å². The number of para-hydroxylation sites is 1. The van der Waals surface area contributed by atoms with Gasteiger partial charge in [-0.2, -0.15) is 9.61 Å². The Kier molecular flexibility index (Phi) is 4.54. The van der Waals surface area contributed by atoms with Crippen molar-refractivity contribution in [3.05, 3.63) is 77.7 Å². The fourth-order valence-corrected chi connectivity index (χ4v) is 4.96. The van der Waals surface area contributed by atoms with E-state index in [0.29, 0.717) is 0 Å². The molecule has 0 saturated heterocycles. The third-order valence-corrected chi connectivity index (χ3v) is 6.40. The fourth-order valence-electron chi connectivity index (χ4n) is 3.18. The van der Waals surface area contributed by atoms with Crippen molar-refractivity contribution in [3.63, 3.8) is 0 Å². The lowest BCUT2D eigenvalue weighted by molar-refractivity contribution is 0.887. The van der Waals surface area contributed by atoms with Crippen LogP contribution in [-0.4, -0.2) is 24.8 Å². The molecular weight excluding hydrogens is 386 g/mol. The normalized spacial score (nSPS) is 11.5. The zero-order valence-electron chi connectivity index (χ0n) is 15.2. The zero-order chi connectivity index (χ0) is 18.9. The SMILES string of the molecule is Cc1cc(-c2nn3c(CSCc4ccccc4)nnc3s2)c2ccccc2n1. The molecule has 0 unspecified atom stereocenters. The van der Waals surface area contributed by atoms with Crippen molar-refractivity contribution in [2.75, 3.05) is 0 Å². The standard InChI is InChI=1S/C21H17N5S2/c1-14-11-17(16-9-5-6-10-18(16)22-14)20-25-26-19(23-24-21(26)28-20)13-27-12-15-7-3-2-4-8-15/h2-11H,12-13H2,1H3. The molecule has 0 aliphatic carbocycles. The molecule has 0 aliphatic heterocycles. The number of hydrogen-bond acceptors (Lipinski definition) is 6. The van der Waals surface area contributed by atoms with Gasteiger partial charge in [-0.05, 0) is 24.6 Å². The number of aromatic nitrogens is 5. The Bertz CT molecular complexity index is 1260. The Morgan fingerprint density at radius 2 is 1.79 bits per heavy atom. The molecule has 7 heteroatoms. The van der Waals surface area contributed by atoms with Gasteiger partial charge in [0.1, 0.15) is 5.01 Å².